The van der Waals surface area contributed by atoms with Crippen LogP contribution in [0.1, 0.15) is 31.0 Å². The normalized spacial score (nSPS) is 15.1. The topological polar surface area (TPSA) is 104 Å². The predicted molar refractivity (Wildman–Crippen MR) is 92.6 cm³/mol. The molecule has 1 aromatic carbocycles. The summed E-state index contributed by atoms with van der Waals surface area (Å²) in [6, 6.07) is 12.0. The molecule has 1 aliphatic carbocycles. The molecule has 7 nitrogen and oxygen atoms in total. The molecule has 0 amide bonds. The van der Waals surface area contributed by atoms with E-state index in [-0.39, 0.29) is 4.90 Å². The molecule has 2 heterocycles. The number of pyridine rings is 1. The number of benzene rings is 1. The van der Waals surface area contributed by atoms with Crippen LogP contribution in [0.25, 0.3) is 17.2 Å². The van der Waals surface area contributed by atoms with E-state index in [4.69, 9.17) is 10.1 Å². The first kappa shape index (κ1) is 15.9. The molecule has 1 aliphatic rings. The van der Waals surface area contributed by atoms with Gasteiger partial charge in [0.15, 0.2) is 5.82 Å². The smallest absolute Gasteiger partial charge is 0.238 e. The number of aromatic nitrogens is 4. The molecule has 0 spiro atoms. The molecule has 0 aliphatic heterocycles. The molecule has 8 heteroatoms. The molecule has 0 radical (unpaired) electrons. The molecule has 25 heavy (non-hydrogen) atoms. The maximum Gasteiger partial charge on any atom is 0.238 e. The Morgan fingerprint density at radius 2 is 1.84 bits per heavy atom. The quantitative estimate of drug-likeness (QED) is 0.773. The van der Waals surface area contributed by atoms with Gasteiger partial charge in [-0.05, 0) is 49.2 Å². The summed E-state index contributed by atoms with van der Waals surface area (Å²) in [6.07, 6.45) is 5.05. The van der Waals surface area contributed by atoms with Crippen molar-refractivity contribution in [3.63, 3.8) is 0 Å². The highest BCUT2D eigenvalue weighted by Gasteiger charge is 2.27. The largest absolute Gasteiger partial charge is 0.253 e. The van der Waals surface area contributed by atoms with Crippen molar-refractivity contribution in [2.24, 2.45) is 5.14 Å². The fourth-order valence-electron chi connectivity index (χ4n) is 2.83. The van der Waals surface area contributed by atoms with Gasteiger partial charge in [-0.25, -0.2) is 23.2 Å². The molecule has 0 saturated heterocycles. The summed E-state index contributed by atoms with van der Waals surface area (Å²) in [5, 5.41) is 9.77. The van der Waals surface area contributed by atoms with Gasteiger partial charge < -0.3 is 0 Å². The minimum Gasteiger partial charge on any atom is -0.253 e. The zero-order valence-corrected chi connectivity index (χ0v) is 14.2. The van der Waals surface area contributed by atoms with Crippen molar-refractivity contribution in [2.75, 3.05) is 0 Å². The van der Waals surface area contributed by atoms with E-state index in [2.05, 4.69) is 10.1 Å². The maximum absolute atomic E-state index is 11.4. The molecule has 0 unspecified atom stereocenters. The number of sulfonamides is 1. The monoisotopic (exact) mass is 355 g/mol. The summed E-state index contributed by atoms with van der Waals surface area (Å²) >= 11 is 0. The first-order valence-electron chi connectivity index (χ1n) is 8.04. The fraction of sp³-hybridized carbons (Fsp3) is 0.235. The molecule has 2 N–H and O–H groups in total. The van der Waals surface area contributed by atoms with Crippen LogP contribution in [0, 0.1) is 0 Å². The maximum atomic E-state index is 11.4. The first-order valence-corrected chi connectivity index (χ1v) is 9.58. The van der Waals surface area contributed by atoms with Crippen LogP contribution in [0.2, 0.25) is 0 Å². The third-order valence-electron chi connectivity index (χ3n) is 4.41. The van der Waals surface area contributed by atoms with Crippen molar-refractivity contribution < 1.29 is 8.42 Å². The van der Waals surface area contributed by atoms with Gasteiger partial charge in [0.05, 0.1) is 10.6 Å². The van der Waals surface area contributed by atoms with Crippen molar-refractivity contribution in [2.45, 2.75) is 30.1 Å². The van der Waals surface area contributed by atoms with Gasteiger partial charge in [0.25, 0.3) is 0 Å². The minimum atomic E-state index is -3.71. The van der Waals surface area contributed by atoms with Crippen LogP contribution in [0.5, 0.6) is 0 Å². The van der Waals surface area contributed by atoms with Gasteiger partial charge >= 0.3 is 0 Å². The van der Waals surface area contributed by atoms with Gasteiger partial charge in [0.1, 0.15) is 11.5 Å². The predicted octanol–water partition coefficient (Wildman–Crippen LogP) is 2.24. The lowest BCUT2D eigenvalue weighted by Crippen LogP contribution is -2.16. The molecule has 2 aromatic heterocycles. The van der Waals surface area contributed by atoms with Crippen molar-refractivity contribution in [3.8, 4) is 17.2 Å². The van der Waals surface area contributed by atoms with Gasteiger partial charge in [-0.15, -0.1) is 5.10 Å². The summed E-state index contributed by atoms with van der Waals surface area (Å²) in [6.45, 7) is 0. The number of nitrogens with zero attached hydrogens (tertiary/aromatic N) is 4. The highest BCUT2D eigenvalue weighted by molar-refractivity contribution is 7.89. The number of hydrogen-bond acceptors (Lipinski definition) is 5. The average molecular weight is 355 g/mol. The van der Waals surface area contributed by atoms with Crippen LogP contribution in [0.15, 0.2) is 53.6 Å². The third-order valence-corrected chi connectivity index (χ3v) is 5.34. The Morgan fingerprint density at radius 3 is 2.40 bits per heavy atom. The van der Waals surface area contributed by atoms with Gasteiger partial charge in [-0.3, -0.25) is 4.98 Å². The summed E-state index contributed by atoms with van der Waals surface area (Å²) in [7, 11) is -3.71. The van der Waals surface area contributed by atoms with Crippen molar-refractivity contribution in [1.29, 1.82) is 0 Å². The summed E-state index contributed by atoms with van der Waals surface area (Å²) in [5.74, 6) is 1.82. The number of hydrogen-bond donors (Lipinski definition) is 1. The second-order valence-electron chi connectivity index (χ2n) is 6.09. The van der Waals surface area contributed by atoms with Crippen molar-refractivity contribution >= 4 is 10.0 Å². The number of rotatable bonds is 4. The van der Waals surface area contributed by atoms with E-state index < -0.39 is 10.0 Å². The standard InChI is InChI=1S/C17H17N5O2S/c18-25(23,24)14-9-7-13(8-10-14)22-17(12-4-3-5-12)20-16(21-22)15-6-1-2-11-19-15/h1-2,6-12H,3-5H2,(H2,18,23,24). The highest BCUT2D eigenvalue weighted by Crippen LogP contribution is 2.37. The van der Waals surface area contributed by atoms with Gasteiger partial charge in [-0.1, -0.05) is 12.5 Å². The van der Waals surface area contributed by atoms with E-state index in [0.29, 0.717) is 17.4 Å². The van der Waals surface area contributed by atoms with Crippen LogP contribution in [0.3, 0.4) is 0 Å². The number of nitrogens with two attached hydrogens (primary N) is 1. The summed E-state index contributed by atoms with van der Waals surface area (Å²) in [4.78, 5) is 9.08. The Bertz CT molecular complexity index is 993. The Kier molecular flexibility index (Phi) is 3.85. The lowest BCUT2D eigenvalue weighted by atomic mass is 9.85. The van der Waals surface area contributed by atoms with Crippen LogP contribution in [0.4, 0.5) is 0 Å². The van der Waals surface area contributed by atoms with E-state index >= 15 is 0 Å². The average Bonchev–Trinajstić information content (AvgIpc) is 2.98. The molecule has 4 rings (SSSR count). The van der Waals surface area contributed by atoms with Crippen LogP contribution < -0.4 is 5.14 Å². The lowest BCUT2D eigenvalue weighted by molar-refractivity contribution is 0.395. The Balaban J connectivity index is 1.79. The van der Waals surface area contributed by atoms with E-state index in [1.165, 1.54) is 18.6 Å². The summed E-state index contributed by atoms with van der Waals surface area (Å²) < 4.78 is 24.6. The van der Waals surface area contributed by atoms with Crippen molar-refractivity contribution in [1.82, 2.24) is 19.7 Å². The molecule has 1 fully saturated rings. The van der Waals surface area contributed by atoms with Gasteiger partial charge in [0.2, 0.25) is 10.0 Å². The first-order chi connectivity index (χ1) is 12.0. The zero-order valence-electron chi connectivity index (χ0n) is 13.4. The molecule has 0 bridgehead atoms. The van der Waals surface area contributed by atoms with Crippen LogP contribution >= 0.6 is 0 Å². The third kappa shape index (κ3) is 3.06. The Morgan fingerprint density at radius 1 is 1.08 bits per heavy atom. The minimum absolute atomic E-state index is 0.0755. The van der Waals surface area contributed by atoms with Crippen LogP contribution in [-0.2, 0) is 10.0 Å². The van der Waals surface area contributed by atoms with E-state index in [1.807, 2.05) is 18.2 Å². The molecule has 128 valence electrons. The van der Waals surface area contributed by atoms with Gasteiger partial charge in [-0.2, -0.15) is 0 Å². The molecular formula is C17H17N5O2S. The molecule has 3 aromatic rings. The van der Waals surface area contributed by atoms with E-state index in [0.717, 1.165) is 24.4 Å². The van der Waals surface area contributed by atoms with Crippen molar-refractivity contribution in [3.05, 3.63) is 54.5 Å². The Hall–Kier alpha value is -2.58. The molecular weight excluding hydrogens is 338 g/mol. The number of primary sulfonamides is 1. The Labute approximate surface area is 145 Å². The van der Waals surface area contributed by atoms with Gasteiger partial charge in [0, 0.05) is 12.1 Å². The lowest BCUT2D eigenvalue weighted by Gasteiger charge is -2.24. The van der Waals surface area contributed by atoms with Crippen LogP contribution in [-0.4, -0.2) is 28.2 Å². The highest BCUT2D eigenvalue weighted by atomic mass is 32.2. The summed E-state index contributed by atoms with van der Waals surface area (Å²) in [5.41, 5.74) is 1.46. The molecule has 1 saturated carbocycles. The van der Waals surface area contributed by atoms with E-state index in [1.54, 1.807) is 23.0 Å². The SMILES string of the molecule is NS(=O)(=O)c1ccc(-n2nc(-c3ccccn3)nc2C2CCC2)cc1. The second kappa shape index (κ2) is 6.05. The van der Waals surface area contributed by atoms with E-state index in [9.17, 15) is 8.42 Å². The fourth-order valence-corrected chi connectivity index (χ4v) is 3.34. The molecule has 0 atom stereocenters. The second-order valence-corrected chi connectivity index (χ2v) is 7.65. The zero-order chi connectivity index (χ0) is 17.4.